The van der Waals surface area contributed by atoms with Crippen molar-refractivity contribution < 1.29 is 14.3 Å². The number of ether oxygens (including phenoxy) is 2. The Morgan fingerprint density at radius 2 is 1.66 bits per heavy atom. The molecule has 0 saturated heterocycles. The molecule has 7 heteroatoms. The lowest BCUT2D eigenvalue weighted by molar-refractivity contribution is -0.127. The lowest BCUT2D eigenvalue weighted by Gasteiger charge is -2.14. The molecule has 0 aliphatic carbocycles. The summed E-state index contributed by atoms with van der Waals surface area (Å²) in [6.45, 7) is 1.84. The topological polar surface area (TPSA) is 75.2 Å². The maximum Gasteiger partial charge on any atom is 0.243 e. The summed E-state index contributed by atoms with van der Waals surface area (Å²) in [5.41, 5.74) is 1.19. The highest BCUT2D eigenvalue weighted by atomic mass is 16.5. The van der Waals surface area contributed by atoms with Crippen LogP contribution in [0.2, 0.25) is 0 Å². The van der Waals surface area contributed by atoms with Crippen LogP contribution in [0.25, 0.3) is 0 Å². The number of rotatable bonds is 10. The van der Waals surface area contributed by atoms with Crippen LogP contribution in [0.1, 0.15) is 5.56 Å². The van der Waals surface area contributed by atoms with Crippen LogP contribution in [0.5, 0.6) is 11.5 Å². The largest absolute Gasteiger partial charge is 0.497 e. The molecule has 0 aromatic heterocycles. The van der Waals surface area contributed by atoms with E-state index in [1.165, 1.54) is 10.5 Å². The number of hydrogen-bond donors (Lipinski definition) is 2. The van der Waals surface area contributed by atoms with E-state index in [1.807, 2.05) is 54.6 Å². The van der Waals surface area contributed by atoms with Crippen LogP contribution in [0.15, 0.2) is 59.6 Å². The first kappa shape index (κ1) is 22.1. The summed E-state index contributed by atoms with van der Waals surface area (Å²) in [4.78, 5) is 17.7. The summed E-state index contributed by atoms with van der Waals surface area (Å²) in [6.07, 6.45) is 0.826. The number of nitrogens with one attached hydrogen (secondary N) is 2. The van der Waals surface area contributed by atoms with E-state index in [2.05, 4.69) is 15.6 Å². The molecule has 0 bridgehead atoms. The molecule has 0 aliphatic heterocycles. The van der Waals surface area contributed by atoms with Gasteiger partial charge in [-0.25, -0.2) is 4.99 Å². The zero-order chi connectivity index (χ0) is 20.9. The summed E-state index contributed by atoms with van der Waals surface area (Å²) >= 11 is 0. The fourth-order valence-corrected chi connectivity index (χ4v) is 2.43. The second-order valence-corrected chi connectivity index (χ2v) is 6.57. The fourth-order valence-electron chi connectivity index (χ4n) is 2.43. The highest BCUT2D eigenvalue weighted by molar-refractivity contribution is 5.84. The molecule has 2 aromatic carbocycles. The van der Waals surface area contributed by atoms with Crippen LogP contribution in [-0.4, -0.2) is 64.2 Å². The number of carbonyl (C=O) groups is 1. The van der Waals surface area contributed by atoms with Crippen molar-refractivity contribution in [1.82, 2.24) is 15.5 Å². The SMILES string of the molecule is COc1ccc(CCNC(=NCC(=O)N(C)C)NCCOc2ccccc2)cc1. The Morgan fingerprint density at radius 1 is 0.966 bits per heavy atom. The van der Waals surface area contributed by atoms with Crippen molar-refractivity contribution in [2.45, 2.75) is 6.42 Å². The molecule has 0 spiro atoms. The van der Waals surface area contributed by atoms with E-state index < -0.39 is 0 Å². The van der Waals surface area contributed by atoms with Crippen molar-refractivity contribution in [2.75, 3.05) is 47.4 Å². The molecule has 2 N–H and O–H groups in total. The van der Waals surface area contributed by atoms with E-state index in [9.17, 15) is 4.79 Å². The first-order valence-corrected chi connectivity index (χ1v) is 9.61. The number of carbonyl (C=O) groups excluding carboxylic acids is 1. The normalized spacial score (nSPS) is 10.9. The molecular weight excluding hydrogens is 368 g/mol. The summed E-state index contributed by atoms with van der Waals surface area (Å²) in [5.74, 6) is 2.20. The summed E-state index contributed by atoms with van der Waals surface area (Å²) in [5, 5.41) is 6.48. The predicted molar refractivity (Wildman–Crippen MR) is 116 cm³/mol. The smallest absolute Gasteiger partial charge is 0.243 e. The zero-order valence-electron chi connectivity index (χ0n) is 17.4. The van der Waals surface area contributed by atoms with Gasteiger partial charge in [0.25, 0.3) is 0 Å². The van der Waals surface area contributed by atoms with E-state index in [0.717, 1.165) is 17.9 Å². The minimum Gasteiger partial charge on any atom is -0.497 e. The minimum absolute atomic E-state index is 0.0539. The van der Waals surface area contributed by atoms with Crippen LogP contribution in [0.4, 0.5) is 0 Å². The van der Waals surface area contributed by atoms with E-state index in [1.54, 1.807) is 21.2 Å². The molecule has 0 heterocycles. The first-order valence-electron chi connectivity index (χ1n) is 9.61. The Balaban J connectivity index is 1.82. The van der Waals surface area contributed by atoms with E-state index in [4.69, 9.17) is 9.47 Å². The number of methoxy groups -OCH3 is 1. The van der Waals surface area contributed by atoms with Crippen LogP contribution in [0, 0.1) is 0 Å². The lowest BCUT2D eigenvalue weighted by Crippen LogP contribution is -2.41. The van der Waals surface area contributed by atoms with Gasteiger partial charge in [-0.05, 0) is 36.2 Å². The number of nitrogens with zero attached hydrogens (tertiary/aromatic N) is 2. The monoisotopic (exact) mass is 398 g/mol. The predicted octanol–water partition coefficient (Wildman–Crippen LogP) is 1.94. The van der Waals surface area contributed by atoms with Gasteiger partial charge in [0, 0.05) is 20.6 Å². The Morgan fingerprint density at radius 3 is 2.31 bits per heavy atom. The van der Waals surface area contributed by atoms with Crippen LogP contribution in [0.3, 0.4) is 0 Å². The summed E-state index contributed by atoms with van der Waals surface area (Å²) < 4.78 is 10.9. The number of hydrogen-bond acceptors (Lipinski definition) is 4. The van der Waals surface area contributed by atoms with Gasteiger partial charge in [-0.1, -0.05) is 30.3 Å². The van der Waals surface area contributed by atoms with E-state index >= 15 is 0 Å². The average molecular weight is 399 g/mol. The number of para-hydroxylation sites is 1. The highest BCUT2D eigenvalue weighted by Gasteiger charge is 2.05. The number of aliphatic imine (C=N–C) groups is 1. The maximum absolute atomic E-state index is 11.8. The second-order valence-electron chi connectivity index (χ2n) is 6.57. The highest BCUT2D eigenvalue weighted by Crippen LogP contribution is 2.11. The Labute approximate surface area is 172 Å². The average Bonchev–Trinajstić information content (AvgIpc) is 2.75. The molecule has 0 aliphatic rings. The maximum atomic E-state index is 11.8. The zero-order valence-corrected chi connectivity index (χ0v) is 17.4. The third-order valence-electron chi connectivity index (χ3n) is 4.14. The summed E-state index contributed by atoms with van der Waals surface area (Å²) in [7, 11) is 5.09. The molecule has 0 fully saturated rings. The van der Waals surface area contributed by atoms with E-state index in [0.29, 0.717) is 25.7 Å². The van der Waals surface area contributed by atoms with Crippen LogP contribution < -0.4 is 20.1 Å². The van der Waals surface area contributed by atoms with Crippen molar-refractivity contribution in [3.05, 3.63) is 60.2 Å². The van der Waals surface area contributed by atoms with Gasteiger partial charge in [-0.2, -0.15) is 0 Å². The number of amides is 1. The van der Waals surface area contributed by atoms with Crippen molar-refractivity contribution in [3.8, 4) is 11.5 Å². The molecule has 29 heavy (non-hydrogen) atoms. The van der Waals surface area contributed by atoms with Gasteiger partial charge in [0.2, 0.25) is 5.91 Å². The lowest BCUT2D eigenvalue weighted by atomic mass is 10.1. The standard InChI is InChI=1S/C22H30N4O3/c1-26(2)21(27)17-25-22(24-15-16-29-20-7-5-4-6-8-20)23-14-13-18-9-11-19(28-3)12-10-18/h4-12H,13-17H2,1-3H3,(H2,23,24,25). The van der Waals surface area contributed by atoms with Gasteiger partial charge in [0.1, 0.15) is 24.7 Å². The summed E-state index contributed by atoms with van der Waals surface area (Å²) in [6, 6.07) is 17.6. The van der Waals surface area contributed by atoms with Gasteiger partial charge in [-0.15, -0.1) is 0 Å². The Hall–Kier alpha value is -3.22. The number of benzene rings is 2. The van der Waals surface area contributed by atoms with Gasteiger partial charge in [0.15, 0.2) is 5.96 Å². The van der Waals surface area contributed by atoms with Gasteiger partial charge in [0.05, 0.1) is 13.7 Å². The fraction of sp³-hybridized carbons (Fsp3) is 0.364. The van der Waals surface area contributed by atoms with Crippen LogP contribution in [-0.2, 0) is 11.2 Å². The second kappa shape index (κ2) is 12.3. The number of guanidine groups is 1. The molecule has 0 atom stereocenters. The molecule has 0 saturated carbocycles. The van der Waals surface area contributed by atoms with Crippen LogP contribution >= 0.6 is 0 Å². The third-order valence-corrected chi connectivity index (χ3v) is 4.14. The van der Waals surface area contributed by atoms with Gasteiger partial charge < -0.3 is 25.0 Å². The molecule has 2 aromatic rings. The molecule has 7 nitrogen and oxygen atoms in total. The Kier molecular flexibility index (Phi) is 9.35. The van der Waals surface area contributed by atoms with Crippen molar-refractivity contribution in [1.29, 1.82) is 0 Å². The number of likely N-dealkylation sites (N-methyl/N-ethyl adjacent to an activating group) is 1. The third kappa shape index (κ3) is 8.55. The van der Waals surface area contributed by atoms with Gasteiger partial charge >= 0.3 is 0 Å². The van der Waals surface area contributed by atoms with Crippen molar-refractivity contribution >= 4 is 11.9 Å². The Bertz CT molecular complexity index is 761. The molecule has 0 unspecified atom stereocenters. The molecule has 2 rings (SSSR count). The minimum atomic E-state index is -0.0539. The van der Waals surface area contributed by atoms with Crippen molar-refractivity contribution in [3.63, 3.8) is 0 Å². The van der Waals surface area contributed by atoms with Gasteiger partial charge in [-0.3, -0.25) is 4.79 Å². The molecule has 156 valence electrons. The van der Waals surface area contributed by atoms with Crippen molar-refractivity contribution in [2.24, 2.45) is 4.99 Å². The van der Waals surface area contributed by atoms with E-state index in [-0.39, 0.29) is 12.5 Å². The molecular formula is C22H30N4O3. The quantitative estimate of drug-likeness (QED) is 0.363. The molecule has 0 radical (unpaired) electrons. The first-order chi connectivity index (χ1) is 14.1. The molecule has 1 amide bonds.